The van der Waals surface area contributed by atoms with Crippen LogP contribution in [0.2, 0.25) is 0 Å². The van der Waals surface area contributed by atoms with Gasteiger partial charge in [0.05, 0.1) is 11.9 Å². The maximum atomic E-state index is 9.35. The average molecular weight is 257 g/mol. The third kappa shape index (κ3) is 2.36. The zero-order valence-electron chi connectivity index (χ0n) is 11.1. The summed E-state index contributed by atoms with van der Waals surface area (Å²) in [6.07, 6.45) is 4.36. The summed E-state index contributed by atoms with van der Waals surface area (Å²) in [7, 11) is 0. The Morgan fingerprint density at radius 3 is 2.58 bits per heavy atom. The molecule has 1 aliphatic rings. The Balaban J connectivity index is 1.91. The summed E-state index contributed by atoms with van der Waals surface area (Å²) in [4.78, 5) is 0. The van der Waals surface area contributed by atoms with Crippen LogP contribution >= 0.6 is 0 Å². The van der Waals surface area contributed by atoms with Gasteiger partial charge in [0.2, 0.25) is 0 Å². The van der Waals surface area contributed by atoms with E-state index in [2.05, 4.69) is 17.3 Å². The summed E-state index contributed by atoms with van der Waals surface area (Å²) >= 11 is 0. The van der Waals surface area contributed by atoms with Gasteiger partial charge in [-0.15, -0.1) is 0 Å². The number of piperidine rings is 1. The highest BCUT2D eigenvalue weighted by Gasteiger charge is 2.20. The molecule has 1 aliphatic heterocycles. The zero-order valence-corrected chi connectivity index (χ0v) is 11.1. The lowest BCUT2D eigenvalue weighted by molar-refractivity contribution is 0.459. The van der Waals surface area contributed by atoms with Crippen LogP contribution in [0.15, 0.2) is 30.5 Å². The fourth-order valence-electron chi connectivity index (χ4n) is 2.81. The van der Waals surface area contributed by atoms with E-state index in [1.165, 1.54) is 24.1 Å². The predicted molar refractivity (Wildman–Crippen MR) is 74.8 cm³/mol. The van der Waals surface area contributed by atoms with Crippen LogP contribution in [0.1, 0.15) is 30.0 Å². The Labute approximate surface area is 113 Å². The summed E-state index contributed by atoms with van der Waals surface area (Å²) < 4.78 is 1.96. The molecule has 2 N–H and O–H groups in total. The Morgan fingerprint density at radius 1 is 1.21 bits per heavy atom. The number of hydrogen-bond acceptors (Lipinski definition) is 3. The van der Waals surface area contributed by atoms with Gasteiger partial charge in [0.1, 0.15) is 5.75 Å². The minimum absolute atomic E-state index is 0.284. The molecule has 0 radical (unpaired) electrons. The van der Waals surface area contributed by atoms with E-state index < -0.39 is 0 Å². The van der Waals surface area contributed by atoms with Crippen LogP contribution in [0.4, 0.5) is 0 Å². The van der Waals surface area contributed by atoms with Crippen molar-refractivity contribution in [2.24, 2.45) is 0 Å². The zero-order chi connectivity index (χ0) is 13.2. The molecule has 0 amide bonds. The van der Waals surface area contributed by atoms with Crippen LogP contribution in [-0.4, -0.2) is 28.0 Å². The van der Waals surface area contributed by atoms with Crippen molar-refractivity contribution in [1.29, 1.82) is 0 Å². The molecule has 0 spiro atoms. The fraction of sp³-hybridized carbons (Fsp3) is 0.400. The number of rotatable bonds is 2. The van der Waals surface area contributed by atoms with Crippen LogP contribution in [0.3, 0.4) is 0 Å². The summed E-state index contributed by atoms with van der Waals surface area (Å²) in [5, 5.41) is 17.2. The Hall–Kier alpha value is -1.81. The molecule has 1 aromatic carbocycles. The molecule has 1 aromatic heterocycles. The number of hydrogen-bond donors (Lipinski definition) is 2. The number of nitrogens with zero attached hydrogens (tertiary/aromatic N) is 2. The molecular formula is C15H19N3O. The summed E-state index contributed by atoms with van der Waals surface area (Å²) in [6, 6.07) is 7.17. The average Bonchev–Trinajstić information content (AvgIpc) is 2.83. The first-order valence-electron chi connectivity index (χ1n) is 6.80. The monoisotopic (exact) mass is 257 g/mol. The van der Waals surface area contributed by atoms with Crippen molar-refractivity contribution in [2.45, 2.75) is 25.7 Å². The molecule has 4 heteroatoms. The van der Waals surface area contributed by atoms with Gasteiger partial charge in [-0.1, -0.05) is 0 Å². The molecule has 4 nitrogen and oxygen atoms in total. The van der Waals surface area contributed by atoms with Gasteiger partial charge < -0.3 is 10.4 Å². The SMILES string of the molecule is Cc1c(C2CCNCC2)cnn1-c1ccc(O)cc1. The number of aromatic hydroxyl groups is 1. The standard InChI is InChI=1S/C15H19N3O/c1-11-15(12-6-8-16-9-7-12)10-17-18(11)13-2-4-14(19)5-3-13/h2-5,10,12,16,19H,6-9H2,1H3. The van der Waals surface area contributed by atoms with Crippen LogP contribution in [-0.2, 0) is 0 Å². The third-order valence-electron chi connectivity index (χ3n) is 3.92. The smallest absolute Gasteiger partial charge is 0.115 e. The highest BCUT2D eigenvalue weighted by molar-refractivity contribution is 5.39. The van der Waals surface area contributed by atoms with Crippen molar-refractivity contribution in [3.05, 3.63) is 41.7 Å². The second-order valence-electron chi connectivity index (χ2n) is 5.14. The fourth-order valence-corrected chi connectivity index (χ4v) is 2.81. The Bertz CT molecular complexity index is 553. The van der Waals surface area contributed by atoms with Crippen molar-refractivity contribution in [3.8, 4) is 11.4 Å². The molecule has 2 aromatic rings. The topological polar surface area (TPSA) is 50.1 Å². The first kappa shape index (κ1) is 12.2. The van der Waals surface area contributed by atoms with Gasteiger partial charge in [-0.05, 0) is 68.6 Å². The number of nitrogens with one attached hydrogen (secondary N) is 1. The molecular weight excluding hydrogens is 238 g/mol. The molecule has 0 unspecified atom stereocenters. The largest absolute Gasteiger partial charge is 0.508 e. The third-order valence-corrected chi connectivity index (χ3v) is 3.92. The van der Waals surface area contributed by atoms with E-state index in [0.717, 1.165) is 18.8 Å². The summed E-state index contributed by atoms with van der Waals surface area (Å²) in [5.41, 5.74) is 3.56. The lowest BCUT2D eigenvalue weighted by Gasteiger charge is -2.22. The lowest BCUT2D eigenvalue weighted by Crippen LogP contribution is -2.26. The number of benzene rings is 1. The second kappa shape index (κ2) is 5.05. The molecule has 19 heavy (non-hydrogen) atoms. The molecule has 3 rings (SSSR count). The van der Waals surface area contributed by atoms with Crippen molar-refractivity contribution in [3.63, 3.8) is 0 Å². The molecule has 0 aliphatic carbocycles. The van der Waals surface area contributed by atoms with Gasteiger partial charge in [0.25, 0.3) is 0 Å². The number of phenolic OH excluding ortho intramolecular Hbond substituents is 1. The van der Waals surface area contributed by atoms with E-state index in [1.54, 1.807) is 12.1 Å². The normalized spacial score (nSPS) is 16.7. The molecule has 2 heterocycles. The quantitative estimate of drug-likeness (QED) is 0.868. The molecule has 1 fully saturated rings. The van der Waals surface area contributed by atoms with Gasteiger partial charge in [-0.25, -0.2) is 4.68 Å². The van der Waals surface area contributed by atoms with Crippen molar-refractivity contribution >= 4 is 0 Å². The van der Waals surface area contributed by atoms with Gasteiger partial charge in [0, 0.05) is 5.69 Å². The number of phenols is 1. The lowest BCUT2D eigenvalue weighted by atomic mass is 9.91. The molecule has 1 saturated heterocycles. The molecule has 0 bridgehead atoms. The second-order valence-corrected chi connectivity index (χ2v) is 5.14. The summed E-state index contributed by atoms with van der Waals surface area (Å²) in [5.74, 6) is 0.902. The van der Waals surface area contributed by atoms with Crippen molar-refractivity contribution in [1.82, 2.24) is 15.1 Å². The first-order valence-corrected chi connectivity index (χ1v) is 6.80. The van der Waals surface area contributed by atoms with Gasteiger partial charge in [0.15, 0.2) is 0 Å². The van der Waals surface area contributed by atoms with E-state index in [0.29, 0.717) is 5.92 Å². The molecule has 100 valence electrons. The molecule has 0 atom stereocenters. The van der Waals surface area contributed by atoms with Gasteiger partial charge in [-0.2, -0.15) is 5.10 Å². The van der Waals surface area contributed by atoms with Crippen LogP contribution in [0.25, 0.3) is 5.69 Å². The van der Waals surface area contributed by atoms with E-state index in [9.17, 15) is 5.11 Å². The minimum atomic E-state index is 0.284. The van der Waals surface area contributed by atoms with Gasteiger partial charge >= 0.3 is 0 Å². The maximum absolute atomic E-state index is 9.35. The maximum Gasteiger partial charge on any atom is 0.115 e. The minimum Gasteiger partial charge on any atom is -0.508 e. The van der Waals surface area contributed by atoms with E-state index in [-0.39, 0.29) is 5.75 Å². The number of aromatic nitrogens is 2. The van der Waals surface area contributed by atoms with Crippen LogP contribution in [0, 0.1) is 6.92 Å². The molecule has 0 saturated carbocycles. The van der Waals surface area contributed by atoms with Crippen molar-refractivity contribution in [2.75, 3.05) is 13.1 Å². The predicted octanol–water partition coefficient (Wildman–Crippen LogP) is 2.35. The Kier molecular flexibility index (Phi) is 3.25. The van der Waals surface area contributed by atoms with Gasteiger partial charge in [-0.3, -0.25) is 0 Å². The van der Waals surface area contributed by atoms with E-state index >= 15 is 0 Å². The van der Waals surface area contributed by atoms with Crippen LogP contribution in [0.5, 0.6) is 5.75 Å². The highest BCUT2D eigenvalue weighted by Crippen LogP contribution is 2.28. The highest BCUT2D eigenvalue weighted by atomic mass is 16.3. The summed E-state index contributed by atoms with van der Waals surface area (Å²) in [6.45, 7) is 4.31. The first-order chi connectivity index (χ1) is 9.25. The van der Waals surface area contributed by atoms with Crippen molar-refractivity contribution < 1.29 is 5.11 Å². The Morgan fingerprint density at radius 2 is 1.89 bits per heavy atom. The van der Waals surface area contributed by atoms with E-state index in [1.807, 2.05) is 23.0 Å². The van der Waals surface area contributed by atoms with Crippen LogP contribution < -0.4 is 5.32 Å². The van der Waals surface area contributed by atoms with E-state index in [4.69, 9.17) is 0 Å².